The summed E-state index contributed by atoms with van der Waals surface area (Å²) < 4.78 is 0. The number of nitrogens with zero attached hydrogens (tertiary/aromatic N) is 1. The first kappa shape index (κ1) is 12.1. The highest BCUT2D eigenvalue weighted by atomic mass is 32.2. The SMILES string of the molecule is CC(C)(CCCSc1ncc[nH]1)C(=N)N. The first-order chi connectivity index (χ1) is 7.02. The Kier molecular flexibility index (Phi) is 4.20. The van der Waals surface area contributed by atoms with Crippen LogP contribution in [0.15, 0.2) is 17.6 Å². The fraction of sp³-hybridized carbons (Fsp3) is 0.600. The Hall–Kier alpha value is -0.970. The zero-order valence-electron chi connectivity index (χ0n) is 9.21. The number of hydrogen-bond acceptors (Lipinski definition) is 3. The van der Waals surface area contributed by atoms with Crippen LogP contribution in [0.4, 0.5) is 0 Å². The van der Waals surface area contributed by atoms with E-state index in [1.165, 1.54) is 0 Å². The topological polar surface area (TPSA) is 78.5 Å². The third-order valence-corrected chi connectivity index (χ3v) is 3.38. The molecule has 0 radical (unpaired) electrons. The number of nitrogens with two attached hydrogens (primary N) is 1. The van der Waals surface area contributed by atoms with Gasteiger partial charge < -0.3 is 10.7 Å². The van der Waals surface area contributed by atoms with E-state index in [1.54, 1.807) is 18.0 Å². The van der Waals surface area contributed by atoms with Crippen LogP contribution in [0.1, 0.15) is 26.7 Å². The molecule has 5 heteroatoms. The molecule has 0 saturated carbocycles. The van der Waals surface area contributed by atoms with Gasteiger partial charge in [0, 0.05) is 23.6 Å². The monoisotopic (exact) mass is 226 g/mol. The van der Waals surface area contributed by atoms with Crippen molar-refractivity contribution in [2.24, 2.45) is 11.1 Å². The van der Waals surface area contributed by atoms with Gasteiger partial charge in [-0.1, -0.05) is 25.6 Å². The number of imidazole rings is 1. The molecule has 1 aromatic rings. The summed E-state index contributed by atoms with van der Waals surface area (Å²) in [6.07, 6.45) is 5.55. The molecule has 1 heterocycles. The van der Waals surface area contributed by atoms with Crippen molar-refractivity contribution in [2.75, 3.05) is 5.75 Å². The van der Waals surface area contributed by atoms with Gasteiger partial charge in [0.15, 0.2) is 5.16 Å². The van der Waals surface area contributed by atoms with E-state index in [0.717, 1.165) is 23.8 Å². The van der Waals surface area contributed by atoms with Gasteiger partial charge in [-0.2, -0.15) is 0 Å². The van der Waals surface area contributed by atoms with Gasteiger partial charge in [0.05, 0.1) is 5.84 Å². The Labute approximate surface area is 94.6 Å². The largest absolute Gasteiger partial charge is 0.387 e. The van der Waals surface area contributed by atoms with Crippen LogP contribution in [0.2, 0.25) is 0 Å². The van der Waals surface area contributed by atoms with Gasteiger partial charge in [-0.15, -0.1) is 0 Å². The van der Waals surface area contributed by atoms with Gasteiger partial charge >= 0.3 is 0 Å². The van der Waals surface area contributed by atoms with Crippen LogP contribution in [0.3, 0.4) is 0 Å². The average Bonchev–Trinajstić information content (AvgIpc) is 2.64. The fourth-order valence-electron chi connectivity index (χ4n) is 1.15. The summed E-state index contributed by atoms with van der Waals surface area (Å²) in [5.41, 5.74) is 5.33. The van der Waals surface area contributed by atoms with Gasteiger partial charge in [0.25, 0.3) is 0 Å². The first-order valence-corrected chi connectivity index (χ1v) is 5.97. The molecule has 0 aliphatic rings. The van der Waals surface area contributed by atoms with E-state index in [4.69, 9.17) is 11.1 Å². The number of nitrogens with one attached hydrogen (secondary N) is 2. The van der Waals surface area contributed by atoms with E-state index >= 15 is 0 Å². The van der Waals surface area contributed by atoms with Crippen molar-refractivity contribution in [1.82, 2.24) is 9.97 Å². The summed E-state index contributed by atoms with van der Waals surface area (Å²) in [5, 5.41) is 8.38. The Morgan fingerprint density at radius 1 is 1.67 bits per heavy atom. The molecule has 1 aromatic heterocycles. The van der Waals surface area contributed by atoms with E-state index in [2.05, 4.69) is 9.97 Å². The number of H-pyrrole nitrogens is 1. The van der Waals surface area contributed by atoms with Gasteiger partial charge in [-0.25, -0.2) is 4.98 Å². The van der Waals surface area contributed by atoms with Crippen LogP contribution in [0.5, 0.6) is 0 Å². The van der Waals surface area contributed by atoms with Crippen LogP contribution >= 0.6 is 11.8 Å². The summed E-state index contributed by atoms with van der Waals surface area (Å²) in [4.78, 5) is 7.17. The summed E-state index contributed by atoms with van der Waals surface area (Å²) >= 11 is 1.70. The van der Waals surface area contributed by atoms with Crippen molar-refractivity contribution < 1.29 is 0 Å². The molecule has 84 valence electrons. The number of rotatable bonds is 6. The molecule has 4 nitrogen and oxygen atoms in total. The summed E-state index contributed by atoms with van der Waals surface area (Å²) in [6.45, 7) is 4.01. The molecule has 0 bridgehead atoms. The molecule has 0 unspecified atom stereocenters. The minimum Gasteiger partial charge on any atom is -0.387 e. The van der Waals surface area contributed by atoms with Crippen LogP contribution < -0.4 is 5.73 Å². The molecule has 0 saturated heterocycles. The maximum Gasteiger partial charge on any atom is 0.165 e. The molecule has 0 aliphatic heterocycles. The van der Waals surface area contributed by atoms with Crippen molar-refractivity contribution in [2.45, 2.75) is 31.8 Å². The predicted octanol–water partition coefficient (Wildman–Crippen LogP) is 2.24. The van der Waals surface area contributed by atoms with Crippen LogP contribution in [0.25, 0.3) is 0 Å². The van der Waals surface area contributed by atoms with E-state index in [0.29, 0.717) is 0 Å². The zero-order chi connectivity index (χ0) is 11.3. The quantitative estimate of drug-likeness (QED) is 0.301. The standard InChI is InChI=1S/C10H18N4S/c1-10(2,8(11)12)4-3-7-15-9-13-5-6-14-9/h5-6H,3-4,7H2,1-2H3,(H3,11,12)(H,13,14). The van der Waals surface area contributed by atoms with Crippen molar-refractivity contribution in [3.8, 4) is 0 Å². The highest BCUT2D eigenvalue weighted by Gasteiger charge is 2.20. The van der Waals surface area contributed by atoms with Crippen molar-refractivity contribution in [3.05, 3.63) is 12.4 Å². The van der Waals surface area contributed by atoms with E-state index < -0.39 is 0 Å². The molecule has 1 rings (SSSR count). The second-order valence-corrected chi connectivity index (χ2v) is 5.23. The maximum atomic E-state index is 7.42. The third-order valence-electron chi connectivity index (χ3n) is 2.39. The summed E-state index contributed by atoms with van der Waals surface area (Å²) in [7, 11) is 0. The van der Waals surface area contributed by atoms with Gasteiger partial charge in [-0.05, 0) is 12.8 Å². The lowest BCUT2D eigenvalue weighted by molar-refractivity contribution is 0.464. The smallest absolute Gasteiger partial charge is 0.165 e. The minimum atomic E-state index is -0.177. The van der Waals surface area contributed by atoms with Crippen LogP contribution in [0, 0.1) is 10.8 Å². The molecule has 0 atom stereocenters. The Morgan fingerprint density at radius 2 is 2.40 bits per heavy atom. The van der Waals surface area contributed by atoms with Crippen molar-refractivity contribution in [3.63, 3.8) is 0 Å². The zero-order valence-corrected chi connectivity index (χ0v) is 10.0. The Bertz CT molecular complexity index is 305. The molecule has 0 aliphatic carbocycles. The van der Waals surface area contributed by atoms with E-state index in [-0.39, 0.29) is 11.3 Å². The predicted molar refractivity (Wildman–Crippen MR) is 64.2 cm³/mol. The number of thioether (sulfide) groups is 1. The van der Waals surface area contributed by atoms with E-state index in [1.807, 2.05) is 20.0 Å². The minimum absolute atomic E-state index is 0.177. The second-order valence-electron chi connectivity index (χ2n) is 4.14. The molecule has 0 aromatic carbocycles. The number of amidine groups is 1. The van der Waals surface area contributed by atoms with Gasteiger partial charge in [0.2, 0.25) is 0 Å². The normalized spacial score (nSPS) is 11.6. The van der Waals surface area contributed by atoms with Crippen molar-refractivity contribution in [1.29, 1.82) is 5.41 Å². The highest BCUT2D eigenvalue weighted by molar-refractivity contribution is 7.99. The molecule has 15 heavy (non-hydrogen) atoms. The van der Waals surface area contributed by atoms with E-state index in [9.17, 15) is 0 Å². The fourth-order valence-corrected chi connectivity index (χ4v) is 1.92. The van der Waals surface area contributed by atoms with Crippen LogP contribution in [-0.4, -0.2) is 21.6 Å². The molecule has 0 fully saturated rings. The number of hydrogen-bond donors (Lipinski definition) is 3. The maximum absolute atomic E-state index is 7.42. The third kappa shape index (κ3) is 3.95. The lowest BCUT2D eigenvalue weighted by Gasteiger charge is -2.22. The molecule has 0 spiro atoms. The highest BCUT2D eigenvalue weighted by Crippen LogP contribution is 2.24. The Morgan fingerprint density at radius 3 is 2.93 bits per heavy atom. The van der Waals surface area contributed by atoms with Crippen molar-refractivity contribution >= 4 is 17.6 Å². The number of aromatic amines is 1. The lowest BCUT2D eigenvalue weighted by atomic mass is 9.87. The van der Waals surface area contributed by atoms with Gasteiger partial charge in [-0.3, -0.25) is 5.41 Å². The molecular formula is C10H18N4S. The van der Waals surface area contributed by atoms with Gasteiger partial charge in [0.1, 0.15) is 0 Å². The Balaban J connectivity index is 2.19. The first-order valence-electron chi connectivity index (χ1n) is 4.99. The lowest BCUT2D eigenvalue weighted by Crippen LogP contribution is -2.30. The summed E-state index contributed by atoms with van der Waals surface area (Å²) in [5.74, 6) is 1.27. The molecule has 0 amide bonds. The second kappa shape index (κ2) is 5.21. The molecule has 4 N–H and O–H groups in total. The van der Waals surface area contributed by atoms with Crippen LogP contribution in [-0.2, 0) is 0 Å². The number of aromatic nitrogens is 2. The average molecular weight is 226 g/mol. The molecular weight excluding hydrogens is 208 g/mol. The summed E-state index contributed by atoms with van der Waals surface area (Å²) in [6, 6.07) is 0.